The number of carbonyl (C=O) groups excluding carboxylic acids is 1. The van der Waals surface area contributed by atoms with E-state index in [1.807, 2.05) is 6.92 Å². The van der Waals surface area contributed by atoms with Gasteiger partial charge in [-0.05, 0) is 31.4 Å². The standard InChI is InChI=1S/C16H23FN2O3/c1-2-9-22-15-10-11(17)7-8-13(15)19-16(21)18-12-5-3-4-6-14(12)20/h7-8,10,12,14,20H,2-6,9H2,1H3,(H2,18,19,21). The number of ether oxygens (including phenoxy) is 1. The minimum Gasteiger partial charge on any atom is -0.491 e. The van der Waals surface area contributed by atoms with E-state index < -0.39 is 18.0 Å². The molecule has 0 aromatic heterocycles. The number of hydrogen-bond donors (Lipinski definition) is 3. The zero-order valence-corrected chi connectivity index (χ0v) is 12.8. The van der Waals surface area contributed by atoms with Crippen molar-refractivity contribution in [1.82, 2.24) is 5.32 Å². The van der Waals surface area contributed by atoms with Gasteiger partial charge in [-0.15, -0.1) is 0 Å². The van der Waals surface area contributed by atoms with Crippen molar-refractivity contribution in [2.75, 3.05) is 11.9 Å². The van der Waals surface area contributed by atoms with E-state index in [1.165, 1.54) is 18.2 Å². The second-order valence-electron chi connectivity index (χ2n) is 5.55. The van der Waals surface area contributed by atoms with E-state index in [2.05, 4.69) is 10.6 Å². The molecule has 0 heterocycles. The van der Waals surface area contributed by atoms with E-state index in [4.69, 9.17) is 4.74 Å². The number of aliphatic hydroxyl groups excluding tert-OH is 1. The Kier molecular flexibility index (Phi) is 6.00. The van der Waals surface area contributed by atoms with Crippen LogP contribution in [0.2, 0.25) is 0 Å². The van der Waals surface area contributed by atoms with E-state index in [0.717, 1.165) is 25.7 Å². The average Bonchev–Trinajstić information content (AvgIpc) is 2.50. The number of aliphatic hydroxyl groups is 1. The highest BCUT2D eigenvalue weighted by atomic mass is 19.1. The number of nitrogens with one attached hydrogen (secondary N) is 2. The van der Waals surface area contributed by atoms with Gasteiger partial charge in [0.25, 0.3) is 0 Å². The number of halogens is 1. The highest BCUT2D eigenvalue weighted by Gasteiger charge is 2.24. The van der Waals surface area contributed by atoms with Gasteiger partial charge in [0, 0.05) is 6.07 Å². The summed E-state index contributed by atoms with van der Waals surface area (Å²) in [5, 5.41) is 15.3. The summed E-state index contributed by atoms with van der Waals surface area (Å²) in [6.45, 7) is 2.39. The second-order valence-corrected chi connectivity index (χ2v) is 5.55. The summed E-state index contributed by atoms with van der Waals surface area (Å²) in [4.78, 5) is 12.1. The quantitative estimate of drug-likeness (QED) is 0.783. The predicted octanol–water partition coefficient (Wildman–Crippen LogP) is 3.04. The first-order valence-electron chi connectivity index (χ1n) is 7.78. The lowest BCUT2D eigenvalue weighted by Gasteiger charge is -2.28. The van der Waals surface area contributed by atoms with Crippen LogP contribution in [0.5, 0.6) is 5.75 Å². The molecule has 0 bridgehead atoms. The van der Waals surface area contributed by atoms with Gasteiger partial charge >= 0.3 is 6.03 Å². The zero-order chi connectivity index (χ0) is 15.9. The lowest BCUT2D eigenvalue weighted by molar-refractivity contribution is 0.0955. The van der Waals surface area contributed by atoms with Gasteiger partial charge in [-0.25, -0.2) is 9.18 Å². The third-order valence-electron chi connectivity index (χ3n) is 3.70. The molecule has 6 heteroatoms. The van der Waals surface area contributed by atoms with Gasteiger partial charge in [0.15, 0.2) is 0 Å². The first-order chi connectivity index (χ1) is 10.6. The molecule has 2 atom stereocenters. The summed E-state index contributed by atoms with van der Waals surface area (Å²) in [5.74, 6) is -0.110. The molecule has 1 aromatic rings. The minimum absolute atomic E-state index is 0.241. The van der Waals surface area contributed by atoms with Crippen LogP contribution in [-0.4, -0.2) is 29.9 Å². The van der Waals surface area contributed by atoms with Crippen LogP contribution in [0.4, 0.5) is 14.9 Å². The van der Waals surface area contributed by atoms with Crippen molar-refractivity contribution >= 4 is 11.7 Å². The Morgan fingerprint density at radius 3 is 2.91 bits per heavy atom. The van der Waals surface area contributed by atoms with E-state index in [0.29, 0.717) is 24.5 Å². The minimum atomic E-state index is -0.511. The molecule has 2 rings (SSSR count). The smallest absolute Gasteiger partial charge is 0.319 e. The highest BCUT2D eigenvalue weighted by Crippen LogP contribution is 2.26. The predicted molar refractivity (Wildman–Crippen MR) is 82.6 cm³/mol. The Balaban J connectivity index is 1.98. The van der Waals surface area contributed by atoms with Crippen LogP contribution in [0, 0.1) is 5.82 Å². The Bertz CT molecular complexity index is 510. The van der Waals surface area contributed by atoms with Gasteiger partial charge in [0.05, 0.1) is 24.4 Å². The van der Waals surface area contributed by atoms with Gasteiger partial charge in [0.2, 0.25) is 0 Å². The molecule has 1 fully saturated rings. The van der Waals surface area contributed by atoms with E-state index in [-0.39, 0.29) is 6.04 Å². The molecule has 0 radical (unpaired) electrons. The number of amides is 2. The molecule has 2 unspecified atom stereocenters. The molecule has 1 aromatic carbocycles. The maximum Gasteiger partial charge on any atom is 0.319 e. The van der Waals surface area contributed by atoms with Gasteiger partial charge in [0.1, 0.15) is 11.6 Å². The van der Waals surface area contributed by atoms with Gasteiger partial charge in [-0.1, -0.05) is 19.8 Å². The fraction of sp³-hybridized carbons (Fsp3) is 0.562. The topological polar surface area (TPSA) is 70.6 Å². The van der Waals surface area contributed by atoms with Gasteiger partial charge < -0.3 is 20.5 Å². The van der Waals surface area contributed by atoms with Crippen LogP contribution < -0.4 is 15.4 Å². The number of hydrogen-bond acceptors (Lipinski definition) is 3. The molecule has 3 N–H and O–H groups in total. The zero-order valence-electron chi connectivity index (χ0n) is 12.8. The summed E-state index contributed by atoms with van der Waals surface area (Å²) < 4.78 is 18.7. The summed E-state index contributed by atoms with van der Waals surface area (Å²) in [5.41, 5.74) is 0.414. The Morgan fingerprint density at radius 2 is 2.18 bits per heavy atom. The van der Waals surface area contributed by atoms with Crippen molar-refractivity contribution < 1.29 is 19.0 Å². The van der Waals surface area contributed by atoms with Crippen LogP contribution in [0.25, 0.3) is 0 Å². The SMILES string of the molecule is CCCOc1cc(F)ccc1NC(=O)NC1CCCCC1O. The molecule has 2 amide bonds. The molecule has 0 spiro atoms. The third-order valence-corrected chi connectivity index (χ3v) is 3.70. The van der Waals surface area contributed by atoms with Crippen LogP contribution in [0.3, 0.4) is 0 Å². The van der Waals surface area contributed by atoms with Crippen molar-refractivity contribution in [3.8, 4) is 5.75 Å². The van der Waals surface area contributed by atoms with Gasteiger partial charge in [-0.3, -0.25) is 0 Å². The largest absolute Gasteiger partial charge is 0.491 e. The Labute approximate surface area is 129 Å². The molecule has 1 aliphatic carbocycles. The molecular formula is C16H23FN2O3. The normalized spacial score (nSPS) is 21.2. The third kappa shape index (κ3) is 4.59. The lowest BCUT2D eigenvalue weighted by atomic mass is 9.93. The molecular weight excluding hydrogens is 287 g/mol. The van der Waals surface area contributed by atoms with E-state index in [1.54, 1.807) is 0 Å². The number of carbonyl (C=O) groups is 1. The first kappa shape index (κ1) is 16.5. The lowest BCUT2D eigenvalue weighted by Crippen LogP contribution is -2.46. The van der Waals surface area contributed by atoms with Crippen molar-refractivity contribution in [1.29, 1.82) is 0 Å². The highest BCUT2D eigenvalue weighted by molar-refractivity contribution is 5.91. The Hall–Kier alpha value is -1.82. The molecule has 5 nitrogen and oxygen atoms in total. The number of rotatable bonds is 5. The number of urea groups is 1. The van der Waals surface area contributed by atoms with Crippen molar-refractivity contribution in [2.45, 2.75) is 51.2 Å². The molecule has 0 aliphatic heterocycles. The van der Waals surface area contributed by atoms with E-state index >= 15 is 0 Å². The maximum absolute atomic E-state index is 13.3. The van der Waals surface area contributed by atoms with Crippen LogP contribution in [-0.2, 0) is 0 Å². The number of benzene rings is 1. The van der Waals surface area contributed by atoms with E-state index in [9.17, 15) is 14.3 Å². The Morgan fingerprint density at radius 1 is 1.41 bits per heavy atom. The molecule has 22 heavy (non-hydrogen) atoms. The van der Waals surface area contributed by atoms with Crippen molar-refractivity contribution in [3.63, 3.8) is 0 Å². The van der Waals surface area contributed by atoms with Gasteiger partial charge in [-0.2, -0.15) is 0 Å². The summed E-state index contributed by atoms with van der Waals surface area (Å²) >= 11 is 0. The summed E-state index contributed by atoms with van der Waals surface area (Å²) in [6, 6.07) is 3.33. The summed E-state index contributed by atoms with van der Waals surface area (Å²) in [6.07, 6.45) is 3.71. The first-order valence-corrected chi connectivity index (χ1v) is 7.78. The summed E-state index contributed by atoms with van der Waals surface area (Å²) in [7, 11) is 0. The van der Waals surface area contributed by atoms with Crippen molar-refractivity contribution in [2.24, 2.45) is 0 Å². The molecule has 122 valence electrons. The van der Waals surface area contributed by atoms with Crippen LogP contribution in [0.1, 0.15) is 39.0 Å². The fourth-order valence-corrected chi connectivity index (χ4v) is 2.54. The maximum atomic E-state index is 13.3. The molecule has 0 saturated heterocycles. The monoisotopic (exact) mass is 310 g/mol. The van der Waals surface area contributed by atoms with Crippen LogP contribution >= 0.6 is 0 Å². The number of anilines is 1. The molecule has 1 saturated carbocycles. The molecule has 1 aliphatic rings. The van der Waals surface area contributed by atoms with Crippen molar-refractivity contribution in [3.05, 3.63) is 24.0 Å². The average molecular weight is 310 g/mol. The van der Waals surface area contributed by atoms with Crippen LogP contribution in [0.15, 0.2) is 18.2 Å². The second kappa shape index (κ2) is 7.98. The fourth-order valence-electron chi connectivity index (χ4n) is 2.54.